The number of nitrogens with zero attached hydrogens (tertiary/aromatic N) is 1. The summed E-state index contributed by atoms with van der Waals surface area (Å²) in [6.45, 7) is 8.70. The molecule has 0 aliphatic carbocycles. The van der Waals surface area contributed by atoms with E-state index in [9.17, 15) is 0 Å². The first-order valence-corrected chi connectivity index (χ1v) is 8.25. The molecule has 0 spiro atoms. The van der Waals surface area contributed by atoms with Crippen molar-refractivity contribution in [3.63, 3.8) is 0 Å². The Kier molecular flexibility index (Phi) is 5.74. The third kappa shape index (κ3) is 3.88. The van der Waals surface area contributed by atoms with Gasteiger partial charge < -0.3 is 5.32 Å². The largest absolute Gasteiger partial charge is 0.310 e. The van der Waals surface area contributed by atoms with Crippen molar-refractivity contribution < 1.29 is 0 Å². The quantitative estimate of drug-likeness (QED) is 0.889. The molecule has 0 atom stereocenters. The fourth-order valence-corrected chi connectivity index (χ4v) is 3.36. The van der Waals surface area contributed by atoms with Gasteiger partial charge in [-0.25, -0.2) is 0 Å². The van der Waals surface area contributed by atoms with Gasteiger partial charge in [-0.1, -0.05) is 37.0 Å². The summed E-state index contributed by atoms with van der Waals surface area (Å²) in [6, 6.07) is 5.73. The average Bonchev–Trinajstić information content (AvgIpc) is 2.66. The normalized spacial score (nSPS) is 19.8. The van der Waals surface area contributed by atoms with Crippen molar-refractivity contribution in [3.05, 3.63) is 33.8 Å². The van der Waals surface area contributed by atoms with E-state index in [1.165, 1.54) is 6.42 Å². The maximum atomic E-state index is 6.29. The van der Waals surface area contributed by atoms with Crippen LogP contribution in [0.25, 0.3) is 0 Å². The highest BCUT2D eigenvalue weighted by Gasteiger charge is 2.30. The molecule has 20 heavy (non-hydrogen) atoms. The lowest BCUT2D eigenvalue weighted by Crippen LogP contribution is -2.50. The SMILES string of the molecule is CCC1(CC)CN(Cc2cc(Cl)ccc2Cl)CCCN1. The van der Waals surface area contributed by atoms with E-state index < -0.39 is 0 Å². The maximum Gasteiger partial charge on any atom is 0.0452 e. The number of benzene rings is 1. The van der Waals surface area contributed by atoms with Gasteiger partial charge in [0.25, 0.3) is 0 Å². The molecular formula is C16H24Cl2N2. The standard InChI is InChI=1S/C16H24Cl2N2/c1-3-16(4-2)12-20(9-5-8-19-16)11-13-10-14(17)6-7-15(13)18/h6-7,10,19H,3-5,8-9,11-12H2,1-2H3. The van der Waals surface area contributed by atoms with Gasteiger partial charge in [0.1, 0.15) is 0 Å². The van der Waals surface area contributed by atoms with Crippen molar-refractivity contribution in [3.8, 4) is 0 Å². The average molecular weight is 315 g/mol. The van der Waals surface area contributed by atoms with E-state index >= 15 is 0 Å². The Labute approximate surface area is 132 Å². The first kappa shape index (κ1) is 16.1. The number of hydrogen-bond donors (Lipinski definition) is 1. The minimum atomic E-state index is 0.238. The fourth-order valence-electron chi connectivity index (χ4n) is 2.98. The van der Waals surface area contributed by atoms with Crippen LogP contribution in [0.15, 0.2) is 18.2 Å². The predicted molar refractivity (Wildman–Crippen MR) is 87.7 cm³/mol. The minimum absolute atomic E-state index is 0.238. The molecule has 0 radical (unpaired) electrons. The number of rotatable bonds is 4. The summed E-state index contributed by atoms with van der Waals surface area (Å²) in [5.41, 5.74) is 1.36. The van der Waals surface area contributed by atoms with E-state index in [0.29, 0.717) is 0 Å². The smallest absolute Gasteiger partial charge is 0.0452 e. The van der Waals surface area contributed by atoms with E-state index in [1.807, 2.05) is 18.2 Å². The molecule has 1 aliphatic heterocycles. The molecule has 112 valence electrons. The first-order chi connectivity index (χ1) is 9.58. The van der Waals surface area contributed by atoms with Crippen molar-refractivity contribution in [1.82, 2.24) is 10.2 Å². The molecular weight excluding hydrogens is 291 g/mol. The molecule has 1 saturated heterocycles. The van der Waals surface area contributed by atoms with Crippen LogP contribution >= 0.6 is 23.2 Å². The minimum Gasteiger partial charge on any atom is -0.310 e. The second kappa shape index (κ2) is 7.13. The van der Waals surface area contributed by atoms with E-state index in [4.69, 9.17) is 23.2 Å². The van der Waals surface area contributed by atoms with Crippen LogP contribution in [0, 0.1) is 0 Å². The molecule has 2 nitrogen and oxygen atoms in total. The topological polar surface area (TPSA) is 15.3 Å². The van der Waals surface area contributed by atoms with Gasteiger partial charge in [0.05, 0.1) is 0 Å². The Morgan fingerprint density at radius 2 is 2.00 bits per heavy atom. The second-order valence-corrected chi connectivity index (χ2v) is 6.56. The molecule has 1 aromatic carbocycles. The van der Waals surface area contributed by atoms with E-state index in [1.54, 1.807) is 0 Å². The van der Waals surface area contributed by atoms with Crippen LogP contribution in [0.5, 0.6) is 0 Å². The predicted octanol–water partition coefficient (Wildman–Crippen LogP) is 4.35. The molecule has 0 amide bonds. The summed E-state index contributed by atoms with van der Waals surface area (Å²) in [5, 5.41) is 5.30. The molecule has 2 rings (SSSR count). The van der Waals surface area contributed by atoms with Gasteiger partial charge >= 0.3 is 0 Å². The van der Waals surface area contributed by atoms with Crippen molar-refractivity contribution in [1.29, 1.82) is 0 Å². The van der Waals surface area contributed by atoms with Crippen LogP contribution in [-0.2, 0) is 6.54 Å². The number of hydrogen-bond acceptors (Lipinski definition) is 2. The molecule has 1 aliphatic rings. The van der Waals surface area contributed by atoms with Crippen molar-refractivity contribution >= 4 is 23.2 Å². The zero-order chi connectivity index (χ0) is 14.6. The van der Waals surface area contributed by atoms with Gasteiger partial charge in [0.15, 0.2) is 0 Å². The van der Waals surface area contributed by atoms with Gasteiger partial charge in [-0.2, -0.15) is 0 Å². The van der Waals surface area contributed by atoms with Crippen LogP contribution in [0.4, 0.5) is 0 Å². The lowest BCUT2D eigenvalue weighted by atomic mass is 9.92. The van der Waals surface area contributed by atoms with Crippen molar-refractivity contribution in [2.75, 3.05) is 19.6 Å². The van der Waals surface area contributed by atoms with E-state index in [2.05, 4.69) is 24.1 Å². The Morgan fingerprint density at radius 3 is 2.70 bits per heavy atom. The van der Waals surface area contributed by atoms with Gasteiger partial charge in [0, 0.05) is 28.7 Å². The summed E-state index contributed by atoms with van der Waals surface area (Å²) in [7, 11) is 0. The highest BCUT2D eigenvalue weighted by atomic mass is 35.5. The van der Waals surface area contributed by atoms with Gasteiger partial charge in [0.2, 0.25) is 0 Å². The van der Waals surface area contributed by atoms with Crippen LogP contribution < -0.4 is 5.32 Å². The summed E-state index contributed by atoms with van der Waals surface area (Å²) in [6.07, 6.45) is 3.49. The Hall–Kier alpha value is -0.280. The monoisotopic (exact) mass is 314 g/mol. The van der Waals surface area contributed by atoms with Gasteiger partial charge in [-0.05, 0) is 56.1 Å². The molecule has 1 N–H and O–H groups in total. The zero-order valence-corrected chi connectivity index (χ0v) is 13.9. The van der Waals surface area contributed by atoms with E-state index in [-0.39, 0.29) is 5.54 Å². The highest BCUT2D eigenvalue weighted by Crippen LogP contribution is 2.25. The molecule has 0 saturated carbocycles. The molecule has 0 unspecified atom stereocenters. The highest BCUT2D eigenvalue weighted by molar-refractivity contribution is 6.33. The number of nitrogens with one attached hydrogen (secondary N) is 1. The van der Waals surface area contributed by atoms with Crippen molar-refractivity contribution in [2.45, 2.75) is 45.2 Å². The molecule has 0 bridgehead atoms. The van der Waals surface area contributed by atoms with E-state index in [0.717, 1.165) is 54.6 Å². The Balaban J connectivity index is 2.13. The lowest BCUT2D eigenvalue weighted by molar-refractivity contribution is 0.191. The lowest BCUT2D eigenvalue weighted by Gasteiger charge is -2.35. The third-order valence-electron chi connectivity index (χ3n) is 4.43. The molecule has 1 heterocycles. The summed E-state index contributed by atoms with van der Waals surface area (Å²) >= 11 is 12.4. The van der Waals surface area contributed by atoms with Crippen LogP contribution in [0.1, 0.15) is 38.7 Å². The summed E-state index contributed by atoms with van der Waals surface area (Å²) < 4.78 is 0. The van der Waals surface area contributed by atoms with Crippen LogP contribution in [0.2, 0.25) is 10.0 Å². The molecule has 1 aromatic rings. The molecule has 0 aromatic heterocycles. The summed E-state index contributed by atoms with van der Waals surface area (Å²) in [5.74, 6) is 0. The summed E-state index contributed by atoms with van der Waals surface area (Å²) in [4.78, 5) is 2.50. The van der Waals surface area contributed by atoms with Gasteiger partial charge in [-0.15, -0.1) is 0 Å². The Bertz CT molecular complexity index is 444. The maximum absolute atomic E-state index is 6.29. The fraction of sp³-hybridized carbons (Fsp3) is 0.625. The van der Waals surface area contributed by atoms with Crippen LogP contribution in [-0.4, -0.2) is 30.1 Å². The van der Waals surface area contributed by atoms with Crippen LogP contribution in [0.3, 0.4) is 0 Å². The zero-order valence-electron chi connectivity index (χ0n) is 12.4. The molecule has 4 heteroatoms. The third-order valence-corrected chi connectivity index (χ3v) is 5.04. The first-order valence-electron chi connectivity index (χ1n) is 7.50. The number of halogens is 2. The molecule has 1 fully saturated rings. The second-order valence-electron chi connectivity index (χ2n) is 5.71. The van der Waals surface area contributed by atoms with Gasteiger partial charge in [-0.3, -0.25) is 4.90 Å². The van der Waals surface area contributed by atoms with Crippen molar-refractivity contribution in [2.24, 2.45) is 0 Å². The Morgan fingerprint density at radius 1 is 1.25 bits per heavy atom.